The van der Waals surface area contributed by atoms with Crippen LogP contribution < -0.4 is 5.32 Å². The summed E-state index contributed by atoms with van der Waals surface area (Å²) >= 11 is 5.09. The van der Waals surface area contributed by atoms with Crippen LogP contribution in [0.15, 0.2) is 27.6 Å². The fourth-order valence-corrected chi connectivity index (χ4v) is 3.05. The van der Waals surface area contributed by atoms with Gasteiger partial charge in [-0.15, -0.1) is 11.8 Å². The molecule has 0 amide bonds. The Bertz CT molecular complexity index is 449. The van der Waals surface area contributed by atoms with Gasteiger partial charge in [0.1, 0.15) is 0 Å². The molecule has 0 aromatic heterocycles. The average molecular weight is 344 g/mol. The number of nitrogens with one attached hydrogen (secondary N) is 1. The molecule has 19 heavy (non-hydrogen) atoms. The number of hydrogen-bond acceptors (Lipinski definition) is 4. The highest BCUT2D eigenvalue weighted by molar-refractivity contribution is 9.10. The molecule has 0 radical (unpaired) electrons. The molecule has 0 spiro atoms. The summed E-state index contributed by atoms with van der Waals surface area (Å²) in [5.41, 5.74) is 1.26. The zero-order valence-corrected chi connectivity index (χ0v) is 13.4. The molecule has 0 unspecified atom stereocenters. The number of esters is 1. The summed E-state index contributed by atoms with van der Waals surface area (Å²) < 4.78 is 6.00. The third-order valence-electron chi connectivity index (χ3n) is 2.85. The predicted octanol–water partition coefficient (Wildman–Crippen LogP) is 3.36. The van der Waals surface area contributed by atoms with Gasteiger partial charge in [-0.05, 0) is 37.5 Å². The predicted molar refractivity (Wildman–Crippen MR) is 81.4 cm³/mol. The van der Waals surface area contributed by atoms with E-state index in [0.717, 1.165) is 15.9 Å². The van der Waals surface area contributed by atoms with Crippen molar-refractivity contribution in [2.75, 3.05) is 12.4 Å². The van der Waals surface area contributed by atoms with Crippen LogP contribution in [0.2, 0.25) is 0 Å². The minimum atomic E-state index is -0.164. The van der Waals surface area contributed by atoms with Gasteiger partial charge >= 0.3 is 5.97 Å². The lowest BCUT2D eigenvalue weighted by atomic mass is 10.2. The van der Waals surface area contributed by atoms with Crippen LogP contribution in [0.25, 0.3) is 0 Å². The Morgan fingerprint density at radius 1 is 1.53 bits per heavy atom. The van der Waals surface area contributed by atoms with Crippen LogP contribution in [0.1, 0.15) is 25.3 Å². The first-order valence-corrected chi connectivity index (χ1v) is 8.27. The lowest BCUT2D eigenvalue weighted by Gasteiger charge is -2.08. The summed E-state index contributed by atoms with van der Waals surface area (Å²) in [7, 11) is 0. The minimum Gasteiger partial charge on any atom is -0.465 e. The third kappa shape index (κ3) is 5.16. The quantitative estimate of drug-likeness (QED) is 0.608. The first-order chi connectivity index (χ1) is 9.19. The summed E-state index contributed by atoms with van der Waals surface area (Å²) in [4.78, 5) is 12.4. The topological polar surface area (TPSA) is 38.3 Å². The molecule has 0 atom stereocenters. The van der Waals surface area contributed by atoms with Gasteiger partial charge in [0.25, 0.3) is 0 Å². The van der Waals surface area contributed by atoms with E-state index in [0.29, 0.717) is 18.4 Å². The van der Waals surface area contributed by atoms with Crippen LogP contribution in [0.5, 0.6) is 0 Å². The summed E-state index contributed by atoms with van der Waals surface area (Å²) in [5.74, 6) is 0.197. The molecule has 104 valence electrons. The smallest absolute Gasteiger partial charge is 0.316 e. The SMILES string of the molecule is CCOC(=O)CSc1ccc(CNC2CC2)c(Br)c1. The number of carbonyl (C=O) groups is 1. The van der Waals surface area contributed by atoms with Gasteiger partial charge in [-0.25, -0.2) is 0 Å². The summed E-state index contributed by atoms with van der Waals surface area (Å²) in [5, 5.41) is 3.49. The van der Waals surface area contributed by atoms with E-state index >= 15 is 0 Å². The second-order valence-electron chi connectivity index (χ2n) is 4.50. The van der Waals surface area contributed by atoms with Crippen LogP contribution in [0.3, 0.4) is 0 Å². The second-order valence-corrected chi connectivity index (χ2v) is 6.41. The van der Waals surface area contributed by atoms with E-state index in [1.165, 1.54) is 30.2 Å². The van der Waals surface area contributed by atoms with Gasteiger partial charge in [-0.3, -0.25) is 4.79 Å². The summed E-state index contributed by atoms with van der Waals surface area (Å²) in [6.07, 6.45) is 2.59. The van der Waals surface area contributed by atoms with Crippen LogP contribution in [0, 0.1) is 0 Å². The zero-order chi connectivity index (χ0) is 13.7. The van der Waals surface area contributed by atoms with Gasteiger partial charge in [0, 0.05) is 22.0 Å². The number of ether oxygens (including phenoxy) is 1. The van der Waals surface area contributed by atoms with Gasteiger partial charge in [0.05, 0.1) is 12.4 Å². The average Bonchev–Trinajstić information content (AvgIpc) is 3.20. The van der Waals surface area contributed by atoms with E-state index in [1.54, 1.807) is 0 Å². The van der Waals surface area contributed by atoms with Crippen molar-refractivity contribution in [3.8, 4) is 0 Å². The van der Waals surface area contributed by atoms with Gasteiger partial charge in [-0.1, -0.05) is 22.0 Å². The van der Waals surface area contributed by atoms with E-state index in [1.807, 2.05) is 6.92 Å². The van der Waals surface area contributed by atoms with Gasteiger partial charge < -0.3 is 10.1 Å². The number of hydrogen-bond donors (Lipinski definition) is 1. The molecule has 1 N–H and O–H groups in total. The summed E-state index contributed by atoms with van der Waals surface area (Å²) in [6.45, 7) is 3.16. The first kappa shape index (κ1) is 14.9. The molecule has 1 fully saturated rings. The Morgan fingerprint density at radius 3 is 2.95 bits per heavy atom. The number of rotatable bonds is 7. The Labute approximate surface area is 126 Å². The second kappa shape index (κ2) is 7.31. The molecular weight excluding hydrogens is 326 g/mol. The lowest BCUT2D eigenvalue weighted by Crippen LogP contribution is -2.15. The van der Waals surface area contributed by atoms with Crippen molar-refractivity contribution >= 4 is 33.7 Å². The molecule has 1 aliphatic rings. The highest BCUT2D eigenvalue weighted by Gasteiger charge is 2.20. The number of benzene rings is 1. The maximum absolute atomic E-state index is 11.3. The van der Waals surface area contributed by atoms with Gasteiger partial charge in [0.2, 0.25) is 0 Å². The Morgan fingerprint density at radius 2 is 2.32 bits per heavy atom. The van der Waals surface area contributed by atoms with E-state index in [2.05, 4.69) is 39.4 Å². The molecule has 0 aliphatic heterocycles. The molecule has 2 rings (SSSR count). The van der Waals surface area contributed by atoms with Crippen LogP contribution in [0.4, 0.5) is 0 Å². The minimum absolute atomic E-state index is 0.164. The number of halogens is 1. The fraction of sp³-hybridized carbons (Fsp3) is 0.500. The molecule has 1 aliphatic carbocycles. The standard InChI is InChI=1S/C14H18BrNO2S/c1-2-18-14(17)9-19-12-6-3-10(13(15)7-12)8-16-11-4-5-11/h3,6-7,11,16H,2,4-5,8-9H2,1H3. The molecule has 0 saturated heterocycles. The van der Waals surface area contributed by atoms with Gasteiger partial charge in [0.15, 0.2) is 0 Å². The van der Waals surface area contributed by atoms with Crippen molar-refractivity contribution in [2.24, 2.45) is 0 Å². The number of carbonyl (C=O) groups excluding carboxylic acids is 1. The van der Waals surface area contributed by atoms with Crippen molar-refractivity contribution in [3.63, 3.8) is 0 Å². The fourth-order valence-electron chi connectivity index (χ4n) is 1.65. The largest absolute Gasteiger partial charge is 0.465 e. The highest BCUT2D eigenvalue weighted by atomic mass is 79.9. The van der Waals surface area contributed by atoms with E-state index in [4.69, 9.17) is 4.74 Å². The van der Waals surface area contributed by atoms with E-state index in [9.17, 15) is 4.79 Å². The van der Waals surface area contributed by atoms with Crippen molar-refractivity contribution in [1.82, 2.24) is 5.32 Å². The monoisotopic (exact) mass is 343 g/mol. The highest BCUT2D eigenvalue weighted by Crippen LogP contribution is 2.26. The number of thioether (sulfide) groups is 1. The lowest BCUT2D eigenvalue weighted by molar-refractivity contribution is -0.139. The van der Waals surface area contributed by atoms with Crippen LogP contribution >= 0.6 is 27.7 Å². The Balaban J connectivity index is 1.84. The Hall–Kier alpha value is -0.520. The van der Waals surface area contributed by atoms with Crippen LogP contribution in [-0.2, 0) is 16.1 Å². The van der Waals surface area contributed by atoms with Crippen LogP contribution in [-0.4, -0.2) is 24.4 Å². The molecule has 1 saturated carbocycles. The maximum atomic E-state index is 11.3. The first-order valence-electron chi connectivity index (χ1n) is 6.49. The normalized spacial score (nSPS) is 14.4. The Kier molecular flexibility index (Phi) is 5.73. The van der Waals surface area contributed by atoms with E-state index < -0.39 is 0 Å². The molecule has 5 heteroatoms. The van der Waals surface area contributed by atoms with Crippen molar-refractivity contribution < 1.29 is 9.53 Å². The van der Waals surface area contributed by atoms with Crippen molar-refractivity contribution in [1.29, 1.82) is 0 Å². The molecule has 3 nitrogen and oxygen atoms in total. The molecule has 0 bridgehead atoms. The van der Waals surface area contributed by atoms with Crippen molar-refractivity contribution in [2.45, 2.75) is 37.2 Å². The molecule has 0 heterocycles. The zero-order valence-electron chi connectivity index (χ0n) is 10.9. The van der Waals surface area contributed by atoms with Crippen molar-refractivity contribution in [3.05, 3.63) is 28.2 Å². The van der Waals surface area contributed by atoms with E-state index in [-0.39, 0.29) is 5.97 Å². The molecule has 1 aromatic carbocycles. The third-order valence-corrected chi connectivity index (χ3v) is 4.55. The summed E-state index contributed by atoms with van der Waals surface area (Å²) in [6, 6.07) is 6.93. The van der Waals surface area contributed by atoms with Gasteiger partial charge in [-0.2, -0.15) is 0 Å². The molecule has 1 aromatic rings. The maximum Gasteiger partial charge on any atom is 0.316 e. The molecular formula is C14H18BrNO2S.